The third-order valence-electron chi connectivity index (χ3n) is 4.23. The lowest BCUT2D eigenvalue weighted by Gasteiger charge is -2.18. The van der Waals surface area contributed by atoms with Crippen LogP contribution >= 0.6 is 0 Å². The number of aromatic nitrogens is 2. The fourth-order valence-electron chi connectivity index (χ4n) is 3.20. The lowest BCUT2D eigenvalue weighted by atomic mass is 10.1. The van der Waals surface area contributed by atoms with E-state index in [1.807, 2.05) is 31.7 Å². The Labute approximate surface area is 135 Å². The van der Waals surface area contributed by atoms with Crippen molar-refractivity contribution in [2.75, 3.05) is 13.1 Å². The molecule has 1 saturated heterocycles. The van der Waals surface area contributed by atoms with Crippen LogP contribution in [0.3, 0.4) is 0 Å². The van der Waals surface area contributed by atoms with Gasteiger partial charge in [0.05, 0.1) is 23.2 Å². The predicted molar refractivity (Wildman–Crippen MR) is 88.8 cm³/mol. The first-order valence-electron chi connectivity index (χ1n) is 8.17. The van der Waals surface area contributed by atoms with Crippen molar-refractivity contribution < 1.29 is 9.53 Å². The first-order valence-corrected chi connectivity index (χ1v) is 8.17. The highest BCUT2D eigenvalue weighted by molar-refractivity contribution is 5.97. The van der Waals surface area contributed by atoms with Crippen LogP contribution in [0, 0.1) is 0 Å². The Kier molecular flexibility index (Phi) is 4.26. The van der Waals surface area contributed by atoms with Crippen molar-refractivity contribution >= 4 is 16.9 Å². The van der Waals surface area contributed by atoms with Crippen LogP contribution in [0.15, 0.2) is 23.0 Å². The number of benzene rings is 1. The molecule has 2 aromatic rings. The number of hydrogen-bond donors (Lipinski definition) is 1. The van der Waals surface area contributed by atoms with Crippen LogP contribution in [0.5, 0.6) is 0 Å². The van der Waals surface area contributed by atoms with Gasteiger partial charge in [-0.05, 0) is 45.4 Å². The monoisotopic (exact) mass is 317 g/mol. The number of amides is 1. The van der Waals surface area contributed by atoms with Crippen molar-refractivity contribution in [1.29, 1.82) is 0 Å². The Balaban J connectivity index is 1.80. The van der Waals surface area contributed by atoms with Crippen LogP contribution in [0.4, 0.5) is 0 Å². The highest BCUT2D eigenvalue weighted by Gasteiger charge is 2.28. The zero-order valence-corrected chi connectivity index (χ0v) is 13.8. The van der Waals surface area contributed by atoms with E-state index >= 15 is 0 Å². The van der Waals surface area contributed by atoms with Gasteiger partial charge in [-0.1, -0.05) is 0 Å². The van der Waals surface area contributed by atoms with E-state index in [0.29, 0.717) is 30.7 Å². The maximum Gasteiger partial charge on any atom is 0.326 e. The van der Waals surface area contributed by atoms with Gasteiger partial charge < -0.3 is 14.6 Å². The highest BCUT2D eigenvalue weighted by atomic mass is 16.5. The molecule has 6 nitrogen and oxygen atoms in total. The molecule has 1 N–H and O–H groups in total. The highest BCUT2D eigenvalue weighted by Crippen LogP contribution is 2.19. The van der Waals surface area contributed by atoms with Gasteiger partial charge in [0, 0.05) is 25.2 Å². The van der Waals surface area contributed by atoms with E-state index in [2.05, 4.69) is 4.98 Å². The minimum absolute atomic E-state index is 0.00754. The average Bonchev–Trinajstić information content (AvgIpc) is 3.08. The van der Waals surface area contributed by atoms with Crippen LogP contribution in [-0.4, -0.2) is 45.7 Å². The number of rotatable bonds is 4. The van der Waals surface area contributed by atoms with Crippen molar-refractivity contribution in [2.24, 2.45) is 0 Å². The summed E-state index contributed by atoms with van der Waals surface area (Å²) in [7, 11) is 0. The molecule has 2 heterocycles. The van der Waals surface area contributed by atoms with Crippen LogP contribution in [0.1, 0.15) is 37.6 Å². The van der Waals surface area contributed by atoms with Crippen molar-refractivity contribution in [3.8, 4) is 0 Å². The van der Waals surface area contributed by atoms with Crippen LogP contribution in [0.25, 0.3) is 11.0 Å². The second kappa shape index (κ2) is 6.20. The molecule has 1 amide bonds. The smallest absolute Gasteiger partial charge is 0.326 e. The second-order valence-electron chi connectivity index (χ2n) is 6.25. The summed E-state index contributed by atoms with van der Waals surface area (Å²) in [6.07, 6.45) is 1.16. The summed E-state index contributed by atoms with van der Waals surface area (Å²) in [5.41, 5.74) is 2.00. The third-order valence-corrected chi connectivity index (χ3v) is 4.23. The van der Waals surface area contributed by atoms with Gasteiger partial charge in [0.15, 0.2) is 0 Å². The molecule has 0 spiro atoms. The quantitative estimate of drug-likeness (QED) is 0.938. The van der Waals surface area contributed by atoms with E-state index in [1.165, 1.54) is 0 Å². The molecule has 1 aromatic heterocycles. The van der Waals surface area contributed by atoms with Gasteiger partial charge in [0.1, 0.15) is 0 Å². The van der Waals surface area contributed by atoms with Gasteiger partial charge in [-0.25, -0.2) is 4.79 Å². The molecule has 1 atom stereocenters. The molecule has 0 aliphatic carbocycles. The SMILES string of the molecule is CCn1c(=O)[nH]c2cc(C(=O)N3CC[C@@H](OC(C)C)C3)ccc21. The molecule has 6 heteroatoms. The zero-order valence-electron chi connectivity index (χ0n) is 13.8. The summed E-state index contributed by atoms with van der Waals surface area (Å²) >= 11 is 0. The van der Waals surface area contributed by atoms with Gasteiger partial charge in [-0.15, -0.1) is 0 Å². The number of hydrogen-bond acceptors (Lipinski definition) is 3. The Morgan fingerprint density at radius 3 is 2.91 bits per heavy atom. The summed E-state index contributed by atoms with van der Waals surface area (Å²) in [5.74, 6) is -0.00754. The molecular weight excluding hydrogens is 294 g/mol. The zero-order chi connectivity index (χ0) is 16.6. The maximum atomic E-state index is 12.7. The Bertz CT molecular complexity index is 775. The number of fused-ring (bicyclic) bond motifs is 1. The molecular formula is C17H23N3O3. The van der Waals surface area contributed by atoms with Gasteiger partial charge in [0.25, 0.3) is 5.91 Å². The van der Waals surface area contributed by atoms with Gasteiger partial charge >= 0.3 is 5.69 Å². The summed E-state index contributed by atoms with van der Waals surface area (Å²) in [4.78, 5) is 29.1. The molecule has 0 unspecified atom stereocenters. The molecule has 1 aliphatic rings. The number of nitrogens with one attached hydrogen (secondary N) is 1. The number of imidazole rings is 1. The topological polar surface area (TPSA) is 67.3 Å². The minimum Gasteiger partial charge on any atom is -0.374 e. The van der Waals surface area contributed by atoms with Gasteiger partial charge in [0.2, 0.25) is 0 Å². The Morgan fingerprint density at radius 2 is 2.22 bits per heavy atom. The number of aryl methyl sites for hydroxylation is 1. The summed E-state index contributed by atoms with van der Waals surface area (Å²) in [6, 6.07) is 5.39. The van der Waals surface area contributed by atoms with Crippen LogP contribution < -0.4 is 5.69 Å². The van der Waals surface area contributed by atoms with Gasteiger partial charge in [-0.3, -0.25) is 9.36 Å². The van der Waals surface area contributed by atoms with E-state index in [0.717, 1.165) is 11.9 Å². The third kappa shape index (κ3) is 3.03. The lowest BCUT2D eigenvalue weighted by Crippen LogP contribution is -2.30. The molecule has 1 aliphatic heterocycles. The standard InChI is InChI=1S/C17H23N3O3/c1-4-20-15-6-5-12(9-14(15)18-17(20)22)16(21)19-8-7-13(10-19)23-11(2)3/h5-6,9,11,13H,4,7-8,10H2,1-3H3,(H,18,22)/t13-/m1/s1. The first-order chi connectivity index (χ1) is 11.0. The van der Waals surface area contributed by atoms with E-state index in [4.69, 9.17) is 4.74 Å². The minimum atomic E-state index is -0.140. The Hall–Kier alpha value is -2.08. The van der Waals surface area contributed by atoms with E-state index < -0.39 is 0 Å². The second-order valence-corrected chi connectivity index (χ2v) is 6.25. The van der Waals surface area contributed by atoms with Crippen molar-refractivity contribution in [1.82, 2.24) is 14.5 Å². The number of carbonyl (C=O) groups is 1. The summed E-state index contributed by atoms with van der Waals surface area (Å²) < 4.78 is 7.45. The average molecular weight is 317 g/mol. The van der Waals surface area contributed by atoms with Gasteiger partial charge in [-0.2, -0.15) is 0 Å². The fraction of sp³-hybridized carbons (Fsp3) is 0.529. The van der Waals surface area contributed by atoms with E-state index in [-0.39, 0.29) is 23.8 Å². The number of aromatic amines is 1. The summed E-state index contributed by atoms with van der Waals surface area (Å²) in [5, 5.41) is 0. The largest absolute Gasteiger partial charge is 0.374 e. The summed E-state index contributed by atoms with van der Waals surface area (Å²) in [6.45, 7) is 7.88. The number of ether oxygens (including phenoxy) is 1. The molecule has 0 radical (unpaired) electrons. The molecule has 124 valence electrons. The first kappa shape index (κ1) is 15.8. The molecule has 0 bridgehead atoms. The maximum absolute atomic E-state index is 12.7. The number of likely N-dealkylation sites (tertiary alicyclic amines) is 1. The van der Waals surface area contributed by atoms with Crippen LogP contribution in [0.2, 0.25) is 0 Å². The fourth-order valence-corrected chi connectivity index (χ4v) is 3.20. The van der Waals surface area contributed by atoms with E-state index in [9.17, 15) is 9.59 Å². The van der Waals surface area contributed by atoms with Crippen molar-refractivity contribution in [3.05, 3.63) is 34.2 Å². The predicted octanol–water partition coefficient (Wildman–Crippen LogP) is 1.99. The molecule has 23 heavy (non-hydrogen) atoms. The Morgan fingerprint density at radius 1 is 1.43 bits per heavy atom. The van der Waals surface area contributed by atoms with E-state index in [1.54, 1.807) is 16.7 Å². The lowest BCUT2D eigenvalue weighted by molar-refractivity contribution is 0.0139. The molecule has 1 aromatic carbocycles. The molecule has 1 fully saturated rings. The van der Waals surface area contributed by atoms with Crippen molar-refractivity contribution in [3.63, 3.8) is 0 Å². The molecule has 3 rings (SSSR count). The normalized spacial score (nSPS) is 18.3. The number of nitrogens with zero attached hydrogens (tertiary/aromatic N) is 2. The molecule has 0 saturated carbocycles. The number of carbonyl (C=O) groups excluding carboxylic acids is 1. The van der Waals surface area contributed by atoms with Crippen LogP contribution in [-0.2, 0) is 11.3 Å². The number of H-pyrrole nitrogens is 1. The van der Waals surface area contributed by atoms with Crippen molar-refractivity contribution in [2.45, 2.75) is 45.9 Å².